The van der Waals surface area contributed by atoms with Crippen molar-refractivity contribution in [2.45, 2.75) is 19.3 Å². The number of aliphatic hydroxyl groups is 1. The molecule has 0 radical (unpaired) electrons. The lowest BCUT2D eigenvalue weighted by molar-refractivity contribution is 0.0206. The largest absolute Gasteiger partial charge is 0.389 e. The maximum Gasteiger partial charge on any atom is 0.139 e. The summed E-state index contributed by atoms with van der Waals surface area (Å²) in [6.07, 6.45) is 3.05. The van der Waals surface area contributed by atoms with Gasteiger partial charge in [0.25, 0.3) is 0 Å². The van der Waals surface area contributed by atoms with Crippen LogP contribution < -0.4 is 0 Å². The number of benzene rings is 2. The molecule has 0 amide bonds. The zero-order chi connectivity index (χ0) is 15.9. The van der Waals surface area contributed by atoms with Gasteiger partial charge in [0.1, 0.15) is 5.82 Å². The van der Waals surface area contributed by atoms with Gasteiger partial charge in [-0.25, -0.2) is 4.98 Å². The van der Waals surface area contributed by atoms with Gasteiger partial charge < -0.3 is 14.4 Å². The maximum atomic E-state index is 10.2. The predicted molar refractivity (Wildman–Crippen MR) is 89.8 cm³/mol. The van der Waals surface area contributed by atoms with E-state index in [4.69, 9.17) is 4.74 Å². The third-order valence-corrected chi connectivity index (χ3v) is 3.58. The van der Waals surface area contributed by atoms with Crippen LogP contribution in [0, 0.1) is 0 Å². The van der Waals surface area contributed by atoms with Gasteiger partial charge in [-0.15, -0.1) is 0 Å². The summed E-state index contributed by atoms with van der Waals surface area (Å²) in [6.45, 7) is 1.26. The van der Waals surface area contributed by atoms with Crippen LogP contribution in [0.5, 0.6) is 0 Å². The molecule has 2 aromatic carbocycles. The van der Waals surface area contributed by atoms with Crippen molar-refractivity contribution in [3.05, 3.63) is 78.6 Å². The molecule has 0 saturated heterocycles. The Bertz CT molecular complexity index is 711. The Morgan fingerprint density at radius 2 is 1.70 bits per heavy atom. The van der Waals surface area contributed by atoms with Gasteiger partial charge in [-0.3, -0.25) is 0 Å². The van der Waals surface area contributed by atoms with E-state index in [2.05, 4.69) is 4.98 Å². The SMILES string of the molecule is OC(COCc1ccccc1)Cn1ccnc1-c1ccccc1. The Labute approximate surface area is 136 Å². The molecule has 1 N–H and O–H groups in total. The van der Waals surface area contributed by atoms with Crippen LogP contribution in [0.1, 0.15) is 5.56 Å². The summed E-state index contributed by atoms with van der Waals surface area (Å²) < 4.78 is 7.54. The number of aromatic nitrogens is 2. The molecule has 3 rings (SSSR count). The average Bonchev–Trinajstić information content (AvgIpc) is 3.05. The molecule has 0 saturated carbocycles. The van der Waals surface area contributed by atoms with Crippen LogP contribution in [0.3, 0.4) is 0 Å². The van der Waals surface area contributed by atoms with Crippen LogP contribution in [-0.4, -0.2) is 27.4 Å². The van der Waals surface area contributed by atoms with E-state index in [1.54, 1.807) is 6.20 Å². The molecule has 4 nitrogen and oxygen atoms in total. The first-order valence-electron chi connectivity index (χ1n) is 7.69. The first-order chi connectivity index (χ1) is 11.3. The van der Waals surface area contributed by atoms with Crippen molar-refractivity contribution in [2.75, 3.05) is 6.61 Å². The van der Waals surface area contributed by atoms with Gasteiger partial charge in [-0.05, 0) is 5.56 Å². The number of hydrogen-bond donors (Lipinski definition) is 1. The standard InChI is InChI=1S/C19H20N2O2/c22-18(15-23-14-16-7-3-1-4-8-16)13-21-12-11-20-19(21)17-9-5-2-6-10-17/h1-12,18,22H,13-15H2. The fraction of sp³-hybridized carbons (Fsp3) is 0.211. The highest BCUT2D eigenvalue weighted by molar-refractivity contribution is 5.55. The Morgan fingerprint density at radius 3 is 2.43 bits per heavy atom. The number of rotatable bonds is 7. The first kappa shape index (κ1) is 15.5. The van der Waals surface area contributed by atoms with Gasteiger partial charge in [0.2, 0.25) is 0 Å². The Hall–Kier alpha value is -2.43. The molecule has 0 bridgehead atoms. The minimum atomic E-state index is -0.574. The monoisotopic (exact) mass is 308 g/mol. The predicted octanol–water partition coefficient (Wildman–Crippen LogP) is 3.13. The molecule has 3 aromatic rings. The highest BCUT2D eigenvalue weighted by atomic mass is 16.5. The molecule has 1 atom stereocenters. The van der Waals surface area contributed by atoms with Gasteiger partial charge in [0.15, 0.2) is 0 Å². The van der Waals surface area contributed by atoms with Gasteiger partial charge in [-0.2, -0.15) is 0 Å². The second kappa shape index (κ2) is 7.72. The summed E-state index contributed by atoms with van der Waals surface area (Å²) in [5, 5.41) is 10.2. The van der Waals surface area contributed by atoms with Crippen molar-refractivity contribution in [1.82, 2.24) is 9.55 Å². The molecule has 118 valence electrons. The maximum absolute atomic E-state index is 10.2. The minimum absolute atomic E-state index is 0.293. The molecule has 0 spiro atoms. The smallest absolute Gasteiger partial charge is 0.139 e. The number of ether oxygens (including phenoxy) is 1. The highest BCUT2D eigenvalue weighted by Gasteiger charge is 2.10. The van der Waals surface area contributed by atoms with Crippen LogP contribution in [0.2, 0.25) is 0 Å². The molecule has 0 aliphatic rings. The molecule has 1 unspecified atom stereocenters. The van der Waals surface area contributed by atoms with E-state index >= 15 is 0 Å². The quantitative estimate of drug-likeness (QED) is 0.729. The molecule has 1 heterocycles. The van der Waals surface area contributed by atoms with E-state index in [0.29, 0.717) is 19.8 Å². The average molecular weight is 308 g/mol. The Kier molecular flexibility index (Phi) is 5.19. The Balaban J connectivity index is 1.54. The third-order valence-electron chi connectivity index (χ3n) is 3.58. The summed E-state index contributed by atoms with van der Waals surface area (Å²) in [6, 6.07) is 19.9. The van der Waals surface area contributed by atoms with E-state index in [-0.39, 0.29) is 0 Å². The molecule has 1 aromatic heterocycles. The van der Waals surface area contributed by atoms with Gasteiger partial charge in [0, 0.05) is 18.0 Å². The van der Waals surface area contributed by atoms with E-state index in [1.165, 1.54) is 0 Å². The number of imidazole rings is 1. The number of hydrogen-bond acceptors (Lipinski definition) is 3. The third kappa shape index (κ3) is 4.28. The summed E-state index contributed by atoms with van der Waals surface area (Å²) in [4.78, 5) is 4.38. The van der Waals surface area contributed by atoms with Crippen molar-refractivity contribution in [3.63, 3.8) is 0 Å². The number of aliphatic hydroxyl groups excluding tert-OH is 1. The van der Waals surface area contributed by atoms with Crippen LogP contribution in [0.15, 0.2) is 73.1 Å². The highest BCUT2D eigenvalue weighted by Crippen LogP contribution is 2.17. The summed E-state index contributed by atoms with van der Waals surface area (Å²) in [5.74, 6) is 0.854. The van der Waals surface area contributed by atoms with E-state index in [0.717, 1.165) is 17.0 Å². The topological polar surface area (TPSA) is 47.3 Å². The van der Waals surface area contributed by atoms with E-state index in [9.17, 15) is 5.11 Å². The van der Waals surface area contributed by atoms with Gasteiger partial charge in [0.05, 0.1) is 25.9 Å². The lowest BCUT2D eigenvalue weighted by Crippen LogP contribution is -2.22. The molecule has 0 aliphatic carbocycles. The lowest BCUT2D eigenvalue weighted by atomic mass is 10.2. The van der Waals surface area contributed by atoms with Crippen molar-refractivity contribution in [3.8, 4) is 11.4 Å². The second-order valence-electron chi connectivity index (χ2n) is 5.42. The lowest BCUT2D eigenvalue weighted by Gasteiger charge is -2.14. The zero-order valence-corrected chi connectivity index (χ0v) is 12.9. The van der Waals surface area contributed by atoms with Crippen LogP contribution >= 0.6 is 0 Å². The first-order valence-corrected chi connectivity index (χ1v) is 7.69. The molecule has 0 aliphatic heterocycles. The molecule has 0 fully saturated rings. The zero-order valence-electron chi connectivity index (χ0n) is 12.9. The van der Waals surface area contributed by atoms with Crippen molar-refractivity contribution in [1.29, 1.82) is 0 Å². The summed E-state index contributed by atoms with van der Waals surface area (Å²) in [7, 11) is 0. The van der Waals surface area contributed by atoms with Crippen molar-refractivity contribution in [2.24, 2.45) is 0 Å². The fourth-order valence-corrected chi connectivity index (χ4v) is 2.47. The molecule has 23 heavy (non-hydrogen) atoms. The Morgan fingerprint density at radius 1 is 1.00 bits per heavy atom. The summed E-state index contributed by atoms with van der Waals surface area (Å²) in [5.41, 5.74) is 2.14. The fourth-order valence-electron chi connectivity index (χ4n) is 2.47. The minimum Gasteiger partial charge on any atom is -0.389 e. The number of nitrogens with zero attached hydrogens (tertiary/aromatic N) is 2. The van der Waals surface area contributed by atoms with Gasteiger partial charge in [-0.1, -0.05) is 60.7 Å². The molecular weight excluding hydrogens is 288 g/mol. The van der Waals surface area contributed by atoms with Crippen molar-refractivity contribution < 1.29 is 9.84 Å². The normalized spacial score (nSPS) is 12.2. The summed E-state index contributed by atoms with van der Waals surface area (Å²) >= 11 is 0. The van der Waals surface area contributed by atoms with E-state index < -0.39 is 6.10 Å². The second-order valence-corrected chi connectivity index (χ2v) is 5.42. The molecular formula is C19H20N2O2. The van der Waals surface area contributed by atoms with Gasteiger partial charge >= 0.3 is 0 Å². The van der Waals surface area contributed by atoms with Crippen molar-refractivity contribution >= 4 is 0 Å². The molecule has 4 heteroatoms. The van der Waals surface area contributed by atoms with Crippen LogP contribution in [0.25, 0.3) is 11.4 Å². The van der Waals surface area contributed by atoms with Crippen LogP contribution in [-0.2, 0) is 17.9 Å². The van der Waals surface area contributed by atoms with E-state index in [1.807, 2.05) is 71.4 Å². The van der Waals surface area contributed by atoms with Crippen LogP contribution in [0.4, 0.5) is 0 Å².